The first kappa shape index (κ1) is 23.6. The lowest BCUT2D eigenvalue weighted by atomic mass is 10.1. The Bertz CT molecular complexity index is 953. The molecule has 0 fully saturated rings. The Morgan fingerprint density at radius 1 is 1.03 bits per heavy atom. The van der Waals surface area contributed by atoms with E-state index in [0.717, 1.165) is 36.1 Å². The molecule has 2 aromatic carbocycles. The van der Waals surface area contributed by atoms with E-state index in [2.05, 4.69) is 6.92 Å². The van der Waals surface area contributed by atoms with E-state index < -0.39 is 29.1 Å². The van der Waals surface area contributed by atoms with E-state index in [1.165, 1.54) is 0 Å². The Labute approximate surface area is 171 Å². The number of aryl methyl sites for hydroxylation is 2. The van der Waals surface area contributed by atoms with Crippen molar-refractivity contribution in [1.82, 2.24) is 0 Å². The molecule has 29 heavy (non-hydrogen) atoms. The molecule has 0 amide bonds. The highest BCUT2D eigenvalue weighted by atomic mass is 32.2. The summed E-state index contributed by atoms with van der Waals surface area (Å²) in [6, 6.07) is 14.9. The second kappa shape index (κ2) is 10.4. The van der Waals surface area contributed by atoms with Gasteiger partial charge in [-0.2, -0.15) is 0 Å². The van der Waals surface area contributed by atoms with Gasteiger partial charge in [0.1, 0.15) is 21.6 Å². The first-order chi connectivity index (χ1) is 13.6. The van der Waals surface area contributed by atoms with Gasteiger partial charge in [0.2, 0.25) is 0 Å². The van der Waals surface area contributed by atoms with Gasteiger partial charge in [-0.25, -0.2) is 8.42 Å². The van der Waals surface area contributed by atoms with E-state index >= 15 is 0 Å². The van der Waals surface area contributed by atoms with E-state index in [1.807, 2.05) is 24.3 Å². The second-order valence-electron chi connectivity index (χ2n) is 6.84. The van der Waals surface area contributed by atoms with Gasteiger partial charge in [0, 0.05) is 0 Å². The molecule has 160 valence electrons. The van der Waals surface area contributed by atoms with Gasteiger partial charge in [-0.3, -0.25) is 0 Å². The van der Waals surface area contributed by atoms with E-state index in [1.54, 1.807) is 24.3 Å². The van der Waals surface area contributed by atoms with Crippen molar-refractivity contribution < 1.29 is 32.1 Å². The summed E-state index contributed by atoms with van der Waals surface area (Å²) in [5, 5.41) is 0. The Hall–Kier alpha value is -1.70. The van der Waals surface area contributed by atoms with Crippen LogP contribution in [0.15, 0.2) is 48.5 Å². The van der Waals surface area contributed by atoms with Gasteiger partial charge in [-0.05, 0) is 61.4 Å². The second-order valence-corrected chi connectivity index (χ2v) is 10.4. The van der Waals surface area contributed by atoms with E-state index in [4.69, 9.17) is 4.74 Å². The van der Waals surface area contributed by atoms with E-state index in [0.29, 0.717) is 12.2 Å². The molecule has 0 bridgehead atoms. The molecule has 0 radical (unpaired) electrons. The average molecular weight is 439 g/mol. The lowest BCUT2D eigenvalue weighted by molar-refractivity contribution is -0.314. The van der Waals surface area contributed by atoms with Crippen molar-refractivity contribution in [3.8, 4) is 11.5 Å². The number of benzene rings is 2. The van der Waals surface area contributed by atoms with Crippen molar-refractivity contribution in [3.63, 3.8) is 0 Å². The SMILES string of the molecule is CCCCc1ccccc1Oc1cccc(CCCC(P(=O)([O-])[O-])S(=O)(=O)[O-])c1. The number of hydrogen-bond acceptors (Lipinski definition) is 7. The third kappa shape index (κ3) is 7.57. The van der Waals surface area contributed by atoms with Gasteiger partial charge in [-0.1, -0.05) is 51.3 Å². The molecule has 0 spiro atoms. The van der Waals surface area contributed by atoms with Crippen LogP contribution in [0.5, 0.6) is 11.5 Å². The predicted octanol–water partition coefficient (Wildman–Crippen LogP) is 2.93. The minimum Gasteiger partial charge on any atom is -0.810 e. The first-order valence-electron chi connectivity index (χ1n) is 9.42. The fraction of sp³-hybridized carbons (Fsp3) is 0.400. The van der Waals surface area contributed by atoms with Gasteiger partial charge in [0.15, 0.2) is 0 Å². The van der Waals surface area contributed by atoms with Crippen LogP contribution in [0, 0.1) is 0 Å². The Kier molecular flexibility index (Phi) is 8.43. The number of unbranched alkanes of at least 4 members (excludes halogenated alkanes) is 1. The zero-order valence-electron chi connectivity index (χ0n) is 16.2. The minimum absolute atomic E-state index is 0.0666. The largest absolute Gasteiger partial charge is 0.810 e. The third-order valence-electron chi connectivity index (χ3n) is 4.50. The van der Waals surface area contributed by atoms with Crippen LogP contribution >= 0.6 is 7.60 Å². The van der Waals surface area contributed by atoms with E-state index in [-0.39, 0.29) is 6.42 Å². The molecule has 0 heterocycles. The van der Waals surface area contributed by atoms with Crippen LogP contribution in [-0.2, 0) is 27.5 Å². The highest BCUT2D eigenvalue weighted by Gasteiger charge is 2.20. The normalized spacial score (nSPS) is 13.2. The van der Waals surface area contributed by atoms with Crippen molar-refractivity contribution in [3.05, 3.63) is 59.7 Å². The number of ether oxygens (including phenoxy) is 1. The summed E-state index contributed by atoms with van der Waals surface area (Å²) in [5.41, 5.74) is 1.88. The monoisotopic (exact) mass is 439 g/mol. The van der Waals surface area contributed by atoms with Crippen LogP contribution in [-0.4, -0.2) is 18.0 Å². The summed E-state index contributed by atoms with van der Waals surface area (Å²) in [7, 11) is -10.7. The van der Waals surface area contributed by atoms with Crippen LogP contribution in [0.3, 0.4) is 0 Å². The molecule has 0 saturated heterocycles. The van der Waals surface area contributed by atoms with Crippen molar-refractivity contribution in [1.29, 1.82) is 0 Å². The molecule has 0 aliphatic rings. The van der Waals surface area contributed by atoms with Crippen molar-refractivity contribution in [2.45, 2.75) is 50.4 Å². The smallest absolute Gasteiger partial charge is 0.130 e. The molecular weight excluding hydrogens is 415 g/mol. The maximum absolute atomic E-state index is 11.1. The molecule has 7 nitrogen and oxygen atoms in total. The highest BCUT2D eigenvalue weighted by Crippen LogP contribution is 2.38. The van der Waals surface area contributed by atoms with Crippen LogP contribution < -0.4 is 14.5 Å². The average Bonchev–Trinajstić information content (AvgIpc) is 2.63. The number of hydrogen-bond donors (Lipinski definition) is 0. The molecule has 1 unspecified atom stereocenters. The Balaban J connectivity index is 2.04. The lowest BCUT2D eigenvalue weighted by Crippen LogP contribution is -2.32. The first-order valence-corrected chi connectivity index (χ1v) is 12.5. The summed E-state index contributed by atoms with van der Waals surface area (Å²) in [6.07, 6.45) is 2.87. The maximum Gasteiger partial charge on any atom is 0.130 e. The van der Waals surface area contributed by atoms with Crippen LogP contribution in [0.4, 0.5) is 0 Å². The highest BCUT2D eigenvalue weighted by molar-refractivity contribution is 7.93. The minimum atomic E-state index is -5.51. The Morgan fingerprint density at radius 3 is 2.41 bits per heavy atom. The standard InChI is InChI=1S/C20H27O7PS/c1-2-3-10-17-11-4-5-13-19(17)27-18-12-6-8-16(15-18)9-7-14-20(28(21,22)23)29(24,25)26/h4-6,8,11-13,15,20H,2-3,7,9-10,14H2,1H3,(H2,21,22,23)(H,24,25,26)/p-3. The molecule has 2 aromatic rings. The molecular formula is C20H24O7PS-3. The zero-order chi connectivity index (χ0) is 21.5. The summed E-state index contributed by atoms with van der Waals surface area (Å²) < 4.78 is 50.2. The number of rotatable bonds is 11. The maximum atomic E-state index is 11.1. The molecule has 2 rings (SSSR count). The van der Waals surface area contributed by atoms with Crippen LogP contribution in [0.25, 0.3) is 0 Å². The quantitative estimate of drug-likeness (QED) is 0.389. The summed E-state index contributed by atoms with van der Waals surface area (Å²) in [6.45, 7) is 2.12. The Morgan fingerprint density at radius 2 is 1.76 bits per heavy atom. The number of para-hydroxylation sites is 1. The van der Waals surface area contributed by atoms with Gasteiger partial charge in [0.25, 0.3) is 0 Å². The molecule has 0 N–H and O–H groups in total. The summed E-state index contributed by atoms with van der Waals surface area (Å²) in [5.74, 6) is 1.35. The fourth-order valence-electron chi connectivity index (χ4n) is 3.01. The molecule has 1 atom stereocenters. The van der Waals surface area contributed by atoms with Crippen molar-refractivity contribution >= 4 is 17.7 Å². The molecule has 0 aliphatic carbocycles. The van der Waals surface area contributed by atoms with Gasteiger partial charge in [0.05, 0.1) is 4.99 Å². The van der Waals surface area contributed by atoms with Gasteiger partial charge >= 0.3 is 0 Å². The van der Waals surface area contributed by atoms with Crippen LogP contribution in [0.1, 0.15) is 43.7 Å². The van der Waals surface area contributed by atoms with Crippen LogP contribution in [0.2, 0.25) is 0 Å². The van der Waals surface area contributed by atoms with Crippen molar-refractivity contribution in [2.24, 2.45) is 0 Å². The van der Waals surface area contributed by atoms with Gasteiger partial charge in [-0.15, -0.1) is 0 Å². The summed E-state index contributed by atoms with van der Waals surface area (Å²) >= 11 is 0. The topological polar surface area (TPSA) is 130 Å². The molecule has 0 saturated carbocycles. The van der Waals surface area contributed by atoms with Crippen molar-refractivity contribution in [2.75, 3.05) is 0 Å². The summed E-state index contributed by atoms with van der Waals surface area (Å²) in [4.78, 5) is 19.7. The van der Waals surface area contributed by atoms with Gasteiger partial charge < -0.3 is 23.6 Å². The third-order valence-corrected chi connectivity index (χ3v) is 7.92. The fourth-order valence-corrected chi connectivity index (χ4v) is 5.23. The predicted molar refractivity (Wildman–Crippen MR) is 106 cm³/mol. The molecule has 0 aromatic heterocycles. The van der Waals surface area contributed by atoms with E-state index in [9.17, 15) is 27.3 Å². The molecule has 0 aliphatic heterocycles. The lowest BCUT2D eigenvalue weighted by Gasteiger charge is -2.39. The molecule has 9 heteroatoms. The zero-order valence-corrected chi connectivity index (χ0v) is 17.9.